The zero-order chi connectivity index (χ0) is 16.8. The molecule has 7 heteroatoms. The summed E-state index contributed by atoms with van der Waals surface area (Å²) in [5.74, 6) is 0.650. The quantitative estimate of drug-likeness (QED) is 0.807. The van der Waals surface area contributed by atoms with Crippen LogP contribution in [0.15, 0.2) is 34.7 Å². The number of fused-ring (bicyclic) bond motifs is 1. The average Bonchev–Trinajstić information content (AvgIpc) is 2.89. The Morgan fingerprint density at radius 1 is 1.00 bits per heavy atom. The molecule has 0 saturated carbocycles. The first-order valence-corrected chi connectivity index (χ1v) is 8.82. The maximum absolute atomic E-state index is 12.2. The van der Waals surface area contributed by atoms with Gasteiger partial charge in [-0.1, -0.05) is 17.8 Å². The molecular formula is C17H19F2NO3S. The Bertz CT molecular complexity index is 663. The van der Waals surface area contributed by atoms with Crippen LogP contribution in [0.5, 0.6) is 11.5 Å². The molecule has 3 rings (SSSR count). The Labute approximate surface area is 143 Å². The normalized spacial score (nSPS) is 14.0. The van der Waals surface area contributed by atoms with Gasteiger partial charge in [-0.05, 0) is 29.8 Å². The van der Waals surface area contributed by atoms with Crippen molar-refractivity contribution in [2.45, 2.75) is 31.0 Å². The molecule has 0 unspecified atom stereocenters. The van der Waals surface area contributed by atoms with E-state index < -0.39 is 5.76 Å². The molecule has 0 radical (unpaired) electrons. The van der Waals surface area contributed by atoms with Crippen molar-refractivity contribution in [3.05, 3.63) is 47.4 Å². The Kier molecular flexibility index (Phi) is 5.98. The van der Waals surface area contributed by atoms with Crippen molar-refractivity contribution in [3.8, 4) is 11.5 Å². The summed E-state index contributed by atoms with van der Waals surface area (Å²) in [7, 11) is 0. The van der Waals surface area contributed by atoms with Crippen LogP contribution in [0.3, 0.4) is 0 Å². The highest BCUT2D eigenvalue weighted by Gasteiger charge is 2.11. The summed E-state index contributed by atoms with van der Waals surface area (Å²) in [6.45, 7) is 2.52. The number of ether oxygens (including phenoxy) is 2. The molecule has 1 aromatic carbocycles. The maximum Gasteiger partial charge on any atom is 0.284 e. The number of halogens is 2. The minimum atomic E-state index is -2.38. The lowest BCUT2D eigenvalue weighted by molar-refractivity contribution is 0.251. The SMILES string of the molecule is FC(F)SCc1ccc(CNCc2ccc3c(c2)OCCCO3)o1. The zero-order valence-corrected chi connectivity index (χ0v) is 13.9. The van der Waals surface area contributed by atoms with Gasteiger partial charge < -0.3 is 19.2 Å². The van der Waals surface area contributed by atoms with Crippen LogP contribution in [0.1, 0.15) is 23.5 Å². The van der Waals surface area contributed by atoms with Crippen LogP contribution >= 0.6 is 11.8 Å². The molecule has 4 nitrogen and oxygen atoms in total. The van der Waals surface area contributed by atoms with E-state index in [1.165, 1.54) is 0 Å². The van der Waals surface area contributed by atoms with E-state index in [0.29, 0.717) is 43.8 Å². The number of rotatable bonds is 7. The second-order valence-corrected chi connectivity index (χ2v) is 6.35. The van der Waals surface area contributed by atoms with Gasteiger partial charge in [-0.25, -0.2) is 0 Å². The summed E-state index contributed by atoms with van der Waals surface area (Å²) in [5.41, 5.74) is 1.08. The topological polar surface area (TPSA) is 43.6 Å². The van der Waals surface area contributed by atoms with E-state index in [0.717, 1.165) is 29.2 Å². The number of thioether (sulfide) groups is 1. The van der Waals surface area contributed by atoms with E-state index in [2.05, 4.69) is 5.32 Å². The van der Waals surface area contributed by atoms with E-state index in [1.54, 1.807) is 6.07 Å². The highest BCUT2D eigenvalue weighted by atomic mass is 32.2. The lowest BCUT2D eigenvalue weighted by Crippen LogP contribution is -2.12. The summed E-state index contributed by atoms with van der Waals surface area (Å²) in [6, 6.07) is 9.43. The van der Waals surface area contributed by atoms with Crippen LogP contribution in [0.25, 0.3) is 0 Å². The summed E-state index contributed by atoms with van der Waals surface area (Å²) < 4.78 is 41.1. The molecule has 1 N–H and O–H groups in total. The molecule has 2 heterocycles. The monoisotopic (exact) mass is 355 g/mol. The Morgan fingerprint density at radius 3 is 2.62 bits per heavy atom. The van der Waals surface area contributed by atoms with Gasteiger partial charge in [-0.2, -0.15) is 8.78 Å². The molecule has 24 heavy (non-hydrogen) atoms. The smallest absolute Gasteiger partial charge is 0.284 e. The molecule has 0 aliphatic carbocycles. The highest BCUT2D eigenvalue weighted by Crippen LogP contribution is 2.30. The number of hydrogen-bond donors (Lipinski definition) is 1. The molecule has 1 aromatic heterocycles. The molecule has 0 fully saturated rings. The van der Waals surface area contributed by atoms with Crippen molar-refractivity contribution in [2.75, 3.05) is 13.2 Å². The molecule has 130 valence electrons. The van der Waals surface area contributed by atoms with Crippen molar-refractivity contribution in [2.24, 2.45) is 0 Å². The van der Waals surface area contributed by atoms with Crippen LogP contribution in [-0.4, -0.2) is 19.0 Å². The van der Waals surface area contributed by atoms with Gasteiger partial charge in [0.25, 0.3) is 5.76 Å². The van der Waals surface area contributed by atoms with Crippen molar-refractivity contribution in [1.29, 1.82) is 0 Å². The molecule has 2 aromatic rings. The molecule has 1 aliphatic heterocycles. The third kappa shape index (κ3) is 4.88. The van der Waals surface area contributed by atoms with Gasteiger partial charge >= 0.3 is 0 Å². The summed E-state index contributed by atoms with van der Waals surface area (Å²) in [5, 5.41) is 3.27. The lowest BCUT2D eigenvalue weighted by atomic mass is 10.2. The van der Waals surface area contributed by atoms with Gasteiger partial charge in [0.15, 0.2) is 11.5 Å². The number of hydrogen-bond acceptors (Lipinski definition) is 5. The van der Waals surface area contributed by atoms with Crippen LogP contribution in [0.2, 0.25) is 0 Å². The van der Waals surface area contributed by atoms with Crippen LogP contribution in [-0.2, 0) is 18.8 Å². The lowest BCUT2D eigenvalue weighted by Gasteiger charge is -2.09. The molecular weight excluding hydrogens is 336 g/mol. The van der Waals surface area contributed by atoms with E-state index in [1.807, 2.05) is 24.3 Å². The Morgan fingerprint density at radius 2 is 1.79 bits per heavy atom. The second kappa shape index (κ2) is 8.39. The second-order valence-electron chi connectivity index (χ2n) is 5.37. The average molecular weight is 355 g/mol. The van der Waals surface area contributed by atoms with Crippen LogP contribution < -0.4 is 14.8 Å². The van der Waals surface area contributed by atoms with Gasteiger partial charge in [0.2, 0.25) is 0 Å². The van der Waals surface area contributed by atoms with E-state index in [-0.39, 0.29) is 5.75 Å². The molecule has 0 amide bonds. The fourth-order valence-corrected chi connectivity index (χ4v) is 2.83. The van der Waals surface area contributed by atoms with Gasteiger partial charge in [-0.3, -0.25) is 0 Å². The van der Waals surface area contributed by atoms with Gasteiger partial charge in [0, 0.05) is 13.0 Å². The summed E-state index contributed by atoms with van der Waals surface area (Å²) >= 11 is 0.560. The predicted molar refractivity (Wildman–Crippen MR) is 88.6 cm³/mol. The first kappa shape index (κ1) is 17.1. The van der Waals surface area contributed by atoms with Crippen molar-refractivity contribution in [3.63, 3.8) is 0 Å². The molecule has 0 saturated heterocycles. The third-order valence-electron chi connectivity index (χ3n) is 3.51. The van der Waals surface area contributed by atoms with Crippen molar-refractivity contribution < 1.29 is 22.7 Å². The minimum Gasteiger partial charge on any atom is -0.490 e. The van der Waals surface area contributed by atoms with Gasteiger partial charge in [-0.15, -0.1) is 0 Å². The van der Waals surface area contributed by atoms with E-state index >= 15 is 0 Å². The van der Waals surface area contributed by atoms with Gasteiger partial charge in [0.05, 0.1) is 25.5 Å². The first-order valence-electron chi connectivity index (χ1n) is 7.77. The van der Waals surface area contributed by atoms with Crippen molar-refractivity contribution >= 4 is 11.8 Å². The summed E-state index contributed by atoms with van der Waals surface area (Å²) in [4.78, 5) is 0. The largest absolute Gasteiger partial charge is 0.490 e. The van der Waals surface area contributed by atoms with Gasteiger partial charge in [0.1, 0.15) is 11.5 Å². The standard InChI is InChI=1S/C17H19F2NO3S/c18-17(19)24-11-14-4-3-13(23-14)10-20-9-12-2-5-15-16(8-12)22-7-1-6-21-15/h2-5,8,17,20H,1,6-7,9-11H2. The number of benzene rings is 1. The van der Waals surface area contributed by atoms with Crippen LogP contribution in [0.4, 0.5) is 8.78 Å². The number of furan rings is 1. The number of alkyl halides is 2. The molecule has 0 atom stereocenters. The van der Waals surface area contributed by atoms with Crippen LogP contribution in [0, 0.1) is 0 Å². The van der Waals surface area contributed by atoms with E-state index in [4.69, 9.17) is 13.9 Å². The van der Waals surface area contributed by atoms with Crippen molar-refractivity contribution in [1.82, 2.24) is 5.32 Å². The fourth-order valence-electron chi connectivity index (χ4n) is 2.39. The van der Waals surface area contributed by atoms with E-state index in [9.17, 15) is 8.78 Å². The zero-order valence-electron chi connectivity index (χ0n) is 13.1. The maximum atomic E-state index is 12.2. The summed E-state index contributed by atoms with van der Waals surface area (Å²) in [6.07, 6.45) is 0.882. The third-order valence-corrected chi connectivity index (χ3v) is 4.21. The highest BCUT2D eigenvalue weighted by molar-refractivity contribution is 7.98. The first-order chi connectivity index (χ1) is 11.7. The Hall–Kier alpha value is -1.73. The minimum absolute atomic E-state index is 0.180. The fraction of sp³-hybridized carbons (Fsp3) is 0.412. The predicted octanol–water partition coefficient (Wildman–Crippen LogP) is 4.19. The molecule has 0 bridgehead atoms. The Balaban J connectivity index is 1.49. The number of nitrogens with one attached hydrogen (secondary N) is 1. The molecule has 1 aliphatic rings. The molecule has 0 spiro atoms.